The zero-order chi connectivity index (χ0) is 18.1. The Morgan fingerprint density at radius 2 is 2.08 bits per heavy atom. The third-order valence-corrected chi connectivity index (χ3v) is 4.60. The smallest absolute Gasteiger partial charge is 0.262 e. The van der Waals surface area contributed by atoms with E-state index in [0.29, 0.717) is 36.6 Å². The molecule has 0 saturated carbocycles. The van der Waals surface area contributed by atoms with Crippen LogP contribution in [-0.2, 0) is 4.79 Å². The highest BCUT2D eigenvalue weighted by Crippen LogP contribution is 2.34. The number of piperazine rings is 1. The van der Waals surface area contributed by atoms with E-state index in [1.165, 1.54) is 12.1 Å². The van der Waals surface area contributed by atoms with Crippen molar-refractivity contribution in [1.29, 1.82) is 0 Å². The van der Waals surface area contributed by atoms with E-state index < -0.39 is 0 Å². The molecule has 1 atom stereocenters. The molecule has 2 amide bonds. The van der Waals surface area contributed by atoms with Gasteiger partial charge >= 0.3 is 0 Å². The number of benzene rings is 2. The van der Waals surface area contributed by atoms with Gasteiger partial charge in [0, 0.05) is 19.6 Å². The highest BCUT2D eigenvalue weighted by atomic mass is 19.1. The van der Waals surface area contributed by atoms with Crippen LogP contribution in [0.5, 0.6) is 5.75 Å². The van der Waals surface area contributed by atoms with Gasteiger partial charge in [0.1, 0.15) is 5.82 Å². The molecule has 134 valence electrons. The van der Waals surface area contributed by atoms with Gasteiger partial charge in [-0.1, -0.05) is 18.2 Å². The Hall–Kier alpha value is -2.93. The molecule has 0 aliphatic carbocycles. The summed E-state index contributed by atoms with van der Waals surface area (Å²) in [5, 5.41) is 5.96. The van der Waals surface area contributed by atoms with Gasteiger partial charge in [-0.3, -0.25) is 9.59 Å². The van der Waals surface area contributed by atoms with Crippen molar-refractivity contribution in [3.63, 3.8) is 0 Å². The van der Waals surface area contributed by atoms with Crippen molar-refractivity contribution < 1.29 is 18.7 Å². The molecule has 2 aliphatic heterocycles. The van der Waals surface area contributed by atoms with Crippen LogP contribution >= 0.6 is 0 Å². The molecular formula is C19H18FN3O3. The first-order chi connectivity index (χ1) is 12.6. The minimum Gasteiger partial charge on any atom is -0.481 e. The predicted octanol–water partition coefficient (Wildman–Crippen LogP) is 1.94. The largest absolute Gasteiger partial charge is 0.481 e. The van der Waals surface area contributed by atoms with Gasteiger partial charge in [0.2, 0.25) is 0 Å². The van der Waals surface area contributed by atoms with Gasteiger partial charge in [-0.05, 0) is 29.8 Å². The van der Waals surface area contributed by atoms with Crippen LogP contribution in [0.3, 0.4) is 0 Å². The molecule has 7 heteroatoms. The number of hydrogen-bond acceptors (Lipinski definition) is 4. The van der Waals surface area contributed by atoms with E-state index in [2.05, 4.69) is 10.6 Å². The van der Waals surface area contributed by atoms with E-state index in [0.717, 1.165) is 5.56 Å². The number of nitrogens with zero attached hydrogens (tertiary/aromatic N) is 1. The van der Waals surface area contributed by atoms with E-state index in [-0.39, 0.29) is 30.3 Å². The standard InChI is InChI=1S/C19H18FN3O3/c20-13-4-1-3-12(9-13)16-10-21-7-8-23(16)19(25)14-5-2-6-15-18(14)26-11-17(24)22-15/h1-6,9,16,21H,7-8,10-11H2,(H,22,24). The number of fused-ring (bicyclic) bond motifs is 1. The Morgan fingerprint density at radius 3 is 2.92 bits per heavy atom. The summed E-state index contributed by atoms with van der Waals surface area (Å²) >= 11 is 0. The lowest BCUT2D eigenvalue weighted by Gasteiger charge is -2.37. The average Bonchev–Trinajstić information content (AvgIpc) is 2.66. The Labute approximate surface area is 149 Å². The summed E-state index contributed by atoms with van der Waals surface area (Å²) in [6, 6.07) is 11.1. The summed E-state index contributed by atoms with van der Waals surface area (Å²) in [5.41, 5.74) is 1.62. The van der Waals surface area contributed by atoms with Crippen LogP contribution < -0.4 is 15.4 Å². The molecule has 0 radical (unpaired) electrons. The number of para-hydroxylation sites is 1. The van der Waals surface area contributed by atoms with Gasteiger partial charge in [0.15, 0.2) is 12.4 Å². The molecule has 2 N–H and O–H groups in total. The summed E-state index contributed by atoms with van der Waals surface area (Å²) in [6.45, 7) is 1.58. The lowest BCUT2D eigenvalue weighted by atomic mass is 10.0. The van der Waals surface area contributed by atoms with Gasteiger partial charge in [-0.15, -0.1) is 0 Å². The Kier molecular flexibility index (Phi) is 4.30. The van der Waals surface area contributed by atoms with Crippen LogP contribution in [0.1, 0.15) is 22.0 Å². The molecule has 26 heavy (non-hydrogen) atoms. The molecule has 1 saturated heterocycles. The molecule has 1 unspecified atom stereocenters. The van der Waals surface area contributed by atoms with Gasteiger partial charge in [0.25, 0.3) is 11.8 Å². The first-order valence-electron chi connectivity index (χ1n) is 8.46. The van der Waals surface area contributed by atoms with Gasteiger partial charge in [-0.25, -0.2) is 4.39 Å². The van der Waals surface area contributed by atoms with Crippen LogP contribution in [0, 0.1) is 5.82 Å². The maximum absolute atomic E-state index is 13.7. The molecule has 2 heterocycles. The maximum atomic E-state index is 13.7. The highest BCUT2D eigenvalue weighted by molar-refractivity contribution is 6.03. The molecule has 0 spiro atoms. The van der Waals surface area contributed by atoms with Crippen molar-refractivity contribution in [3.05, 3.63) is 59.4 Å². The van der Waals surface area contributed by atoms with E-state index in [1.54, 1.807) is 29.2 Å². The first kappa shape index (κ1) is 16.5. The molecule has 4 rings (SSSR count). The van der Waals surface area contributed by atoms with Crippen molar-refractivity contribution in [1.82, 2.24) is 10.2 Å². The van der Waals surface area contributed by atoms with Crippen LogP contribution in [0.2, 0.25) is 0 Å². The maximum Gasteiger partial charge on any atom is 0.262 e. The number of amides is 2. The molecular weight excluding hydrogens is 337 g/mol. The van der Waals surface area contributed by atoms with Crippen LogP contribution in [0.4, 0.5) is 10.1 Å². The summed E-state index contributed by atoms with van der Waals surface area (Å²) < 4.78 is 19.2. The molecule has 1 fully saturated rings. The number of ether oxygens (including phenoxy) is 1. The first-order valence-corrected chi connectivity index (χ1v) is 8.46. The number of carbonyl (C=O) groups excluding carboxylic acids is 2. The number of halogens is 1. The normalized spacial score (nSPS) is 19.3. The SMILES string of the molecule is O=C1COc2c(cccc2C(=O)N2CCNCC2c2cccc(F)c2)N1. The minimum absolute atomic E-state index is 0.119. The van der Waals surface area contributed by atoms with Crippen molar-refractivity contribution in [2.75, 3.05) is 31.6 Å². The number of nitrogens with one attached hydrogen (secondary N) is 2. The van der Waals surface area contributed by atoms with Crippen LogP contribution in [0.25, 0.3) is 0 Å². The molecule has 0 bridgehead atoms. The van der Waals surface area contributed by atoms with E-state index >= 15 is 0 Å². The number of anilines is 1. The number of rotatable bonds is 2. The fraction of sp³-hybridized carbons (Fsp3) is 0.263. The molecule has 6 nitrogen and oxygen atoms in total. The average molecular weight is 355 g/mol. The van der Waals surface area contributed by atoms with Crippen molar-refractivity contribution >= 4 is 17.5 Å². The van der Waals surface area contributed by atoms with Crippen molar-refractivity contribution in [3.8, 4) is 5.75 Å². The topological polar surface area (TPSA) is 70.7 Å². The fourth-order valence-electron chi connectivity index (χ4n) is 3.40. The van der Waals surface area contributed by atoms with Gasteiger partial charge < -0.3 is 20.3 Å². The second-order valence-corrected chi connectivity index (χ2v) is 6.29. The number of carbonyl (C=O) groups is 2. The summed E-state index contributed by atoms with van der Waals surface area (Å²) in [6.07, 6.45) is 0. The summed E-state index contributed by atoms with van der Waals surface area (Å²) in [7, 11) is 0. The fourth-order valence-corrected chi connectivity index (χ4v) is 3.40. The Balaban J connectivity index is 1.68. The van der Waals surface area contributed by atoms with E-state index in [1.807, 2.05) is 6.07 Å². The summed E-state index contributed by atoms with van der Waals surface area (Å²) in [4.78, 5) is 26.5. The lowest BCUT2D eigenvalue weighted by Crippen LogP contribution is -2.48. The van der Waals surface area contributed by atoms with Crippen LogP contribution in [0.15, 0.2) is 42.5 Å². The molecule has 0 aromatic heterocycles. The Morgan fingerprint density at radius 1 is 1.23 bits per heavy atom. The predicted molar refractivity (Wildman–Crippen MR) is 93.6 cm³/mol. The third-order valence-electron chi connectivity index (χ3n) is 4.60. The molecule has 2 aliphatic rings. The van der Waals surface area contributed by atoms with E-state index in [4.69, 9.17) is 4.74 Å². The monoisotopic (exact) mass is 355 g/mol. The summed E-state index contributed by atoms with van der Waals surface area (Å²) in [5.74, 6) is -0.395. The molecule has 2 aromatic carbocycles. The van der Waals surface area contributed by atoms with Gasteiger partial charge in [-0.2, -0.15) is 0 Å². The zero-order valence-corrected chi connectivity index (χ0v) is 14.0. The van der Waals surface area contributed by atoms with Crippen molar-refractivity contribution in [2.24, 2.45) is 0 Å². The second-order valence-electron chi connectivity index (χ2n) is 6.29. The number of hydrogen-bond donors (Lipinski definition) is 2. The van der Waals surface area contributed by atoms with Crippen LogP contribution in [-0.4, -0.2) is 43.0 Å². The van der Waals surface area contributed by atoms with E-state index in [9.17, 15) is 14.0 Å². The van der Waals surface area contributed by atoms with Gasteiger partial charge in [0.05, 0.1) is 17.3 Å². The Bertz CT molecular complexity index is 871. The third kappa shape index (κ3) is 3.01. The van der Waals surface area contributed by atoms with Crippen molar-refractivity contribution in [2.45, 2.75) is 6.04 Å². The second kappa shape index (κ2) is 6.76. The quantitative estimate of drug-likeness (QED) is 0.864. The highest BCUT2D eigenvalue weighted by Gasteiger charge is 2.32. The lowest BCUT2D eigenvalue weighted by molar-refractivity contribution is -0.118. The zero-order valence-electron chi connectivity index (χ0n) is 14.0. The molecule has 2 aromatic rings. The minimum atomic E-state index is -0.330.